The summed E-state index contributed by atoms with van der Waals surface area (Å²) in [6.45, 7) is 0. The van der Waals surface area contributed by atoms with Gasteiger partial charge in [-0.15, -0.1) is 11.3 Å². The van der Waals surface area contributed by atoms with Gasteiger partial charge in [0.15, 0.2) is 0 Å². The number of anilines is 1. The highest BCUT2D eigenvalue weighted by Gasteiger charge is 2.20. The van der Waals surface area contributed by atoms with Crippen LogP contribution < -0.4 is 11.1 Å². The monoisotopic (exact) mass is 260 g/mol. The Hall–Kier alpha value is -1.95. The van der Waals surface area contributed by atoms with Gasteiger partial charge in [-0.2, -0.15) is 0 Å². The fourth-order valence-electron chi connectivity index (χ4n) is 2.00. The van der Waals surface area contributed by atoms with E-state index in [0.29, 0.717) is 20.9 Å². The van der Waals surface area contributed by atoms with Crippen molar-refractivity contribution in [3.8, 4) is 0 Å². The number of nitrogens with two attached hydrogens (primary N) is 1. The first-order valence-corrected chi connectivity index (χ1v) is 6.52. The molecule has 1 aliphatic rings. The maximum absolute atomic E-state index is 12.1. The summed E-state index contributed by atoms with van der Waals surface area (Å²) in [6.07, 6.45) is 9.08. The third-order valence-electron chi connectivity index (χ3n) is 2.91. The topological polar surface area (TPSA) is 80.9 Å². The number of carbonyl (C=O) groups is 1. The molecule has 2 aromatic rings. The minimum Gasteiger partial charge on any atom is -0.396 e. The van der Waals surface area contributed by atoms with Crippen molar-refractivity contribution in [2.45, 2.75) is 18.9 Å². The van der Waals surface area contributed by atoms with Gasteiger partial charge in [0, 0.05) is 18.4 Å². The molecule has 3 N–H and O–H groups in total. The second-order valence-electron chi connectivity index (χ2n) is 4.17. The van der Waals surface area contributed by atoms with Gasteiger partial charge in [0.1, 0.15) is 15.2 Å². The van der Waals surface area contributed by atoms with Crippen molar-refractivity contribution in [3.63, 3.8) is 0 Å². The maximum atomic E-state index is 12.1. The molecule has 6 heteroatoms. The molecular formula is C12H12N4OS. The Bertz CT molecular complexity index is 626. The summed E-state index contributed by atoms with van der Waals surface area (Å²) in [5.74, 6) is -0.133. The quantitative estimate of drug-likeness (QED) is 0.806. The van der Waals surface area contributed by atoms with E-state index < -0.39 is 0 Å². The molecule has 3 rings (SSSR count). The second kappa shape index (κ2) is 4.38. The van der Waals surface area contributed by atoms with Crippen LogP contribution in [-0.4, -0.2) is 21.9 Å². The lowest BCUT2D eigenvalue weighted by Crippen LogP contribution is -2.32. The molecule has 18 heavy (non-hydrogen) atoms. The summed E-state index contributed by atoms with van der Waals surface area (Å²) < 4.78 is 0. The lowest BCUT2D eigenvalue weighted by molar-refractivity contribution is 0.0944. The fourth-order valence-corrected chi connectivity index (χ4v) is 2.92. The van der Waals surface area contributed by atoms with E-state index in [4.69, 9.17) is 5.73 Å². The average Bonchev–Trinajstić information content (AvgIpc) is 2.98. The van der Waals surface area contributed by atoms with Crippen LogP contribution in [0.15, 0.2) is 24.5 Å². The molecule has 5 nitrogen and oxygen atoms in total. The molecule has 1 aliphatic carbocycles. The van der Waals surface area contributed by atoms with E-state index in [1.807, 2.05) is 0 Å². The lowest BCUT2D eigenvalue weighted by atomic mass is 10.2. The van der Waals surface area contributed by atoms with Crippen molar-refractivity contribution in [1.82, 2.24) is 15.3 Å². The zero-order valence-electron chi connectivity index (χ0n) is 9.59. The van der Waals surface area contributed by atoms with E-state index >= 15 is 0 Å². The molecular weight excluding hydrogens is 248 g/mol. The lowest BCUT2D eigenvalue weighted by Gasteiger charge is -2.10. The van der Waals surface area contributed by atoms with Crippen LogP contribution in [0.25, 0.3) is 10.3 Å². The number of nitrogen functional groups attached to an aromatic ring is 1. The molecule has 0 fully saturated rings. The molecule has 0 radical (unpaired) electrons. The number of hydrogen-bond acceptors (Lipinski definition) is 5. The van der Waals surface area contributed by atoms with E-state index in [0.717, 1.165) is 12.8 Å². The normalized spacial score (nSPS) is 15.3. The summed E-state index contributed by atoms with van der Waals surface area (Å²) in [6, 6.07) is 0.183. The van der Waals surface area contributed by atoms with Gasteiger partial charge in [-0.05, 0) is 12.8 Å². The number of nitrogens with one attached hydrogen (secondary N) is 1. The van der Waals surface area contributed by atoms with Gasteiger partial charge < -0.3 is 11.1 Å². The van der Waals surface area contributed by atoms with Crippen molar-refractivity contribution >= 4 is 33.3 Å². The Labute approximate surface area is 108 Å². The molecule has 0 bridgehead atoms. The van der Waals surface area contributed by atoms with Crippen LogP contribution in [0, 0.1) is 0 Å². The summed E-state index contributed by atoms with van der Waals surface area (Å²) in [5, 5.41) is 2.97. The largest absolute Gasteiger partial charge is 0.396 e. The maximum Gasteiger partial charge on any atom is 0.263 e. The average molecular weight is 260 g/mol. The van der Waals surface area contributed by atoms with Crippen molar-refractivity contribution in [3.05, 3.63) is 29.4 Å². The van der Waals surface area contributed by atoms with Crippen molar-refractivity contribution in [2.75, 3.05) is 5.73 Å². The van der Waals surface area contributed by atoms with Crippen molar-refractivity contribution < 1.29 is 4.79 Å². The first-order valence-electron chi connectivity index (χ1n) is 5.70. The van der Waals surface area contributed by atoms with E-state index in [-0.39, 0.29) is 11.9 Å². The highest BCUT2D eigenvalue weighted by molar-refractivity contribution is 7.21. The van der Waals surface area contributed by atoms with Gasteiger partial charge >= 0.3 is 0 Å². The molecule has 2 heterocycles. The number of aromatic nitrogens is 2. The summed E-state index contributed by atoms with van der Waals surface area (Å²) in [4.78, 5) is 21.6. The predicted molar refractivity (Wildman–Crippen MR) is 71.5 cm³/mol. The number of hydrogen-bond donors (Lipinski definition) is 2. The molecule has 1 amide bonds. The third-order valence-corrected chi connectivity index (χ3v) is 4.01. The number of carbonyl (C=O) groups excluding carboxylic acids is 1. The Morgan fingerprint density at radius 1 is 1.33 bits per heavy atom. The van der Waals surface area contributed by atoms with Crippen LogP contribution in [0.2, 0.25) is 0 Å². The second-order valence-corrected chi connectivity index (χ2v) is 5.17. The smallest absolute Gasteiger partial charge is 0.263 e. The Morgan fingerprint density at radius 3 is 2.78 bits per heavy atom. The number of thiophene rings is 1. The van der Waals surface area contributed by atoms with Gasteiger partial charge in [-0.3, -0.25) is 4.79 Å². The van der Waals surface area contributed by atoms with Gasteiger partial charge in [0.05, 0.1) is 5.69 Å². The predicted octanol–water partition coefficient (Wildman–Crippen LogP) is 1.72. The number of fused-ring (bicyclic) bond motifs is 1. The van der Waals surface area contributed by atoms with Gasteiger partial charge in [-0.1, -0.05) is 12.2 Å². The highest BCUT2D eigenvalue weighted by atomic mass is 32.1. The van der Waals surface area contributed by atoms with Crippen LogP contribution in [0.1, 0.15) is 22.5 Å². The van der Waals surface area contributed by atoms with E-state index in [2.05, 4.69) is 27.4 Å². The van der Waals surface area contributed by atoms with E-state index in [1.54, 1.807) is 12.4 Å². The van der Waals surface area contributed by atoms with Crippen LogP contribution in [0.3, 0.4) is 0 Å². The summed E-state index contributed by atoms with van der Waals surface area (Å²) >= 11 is 1.28. The number of rotatable bonds is 2. The molecule has 0 spiro atoms. The minimum atomic E-state index is -0.133. The SMILES string of the molecule is Nc1c(C(=O)NC2CC=CC2)sc2nccnc12. The molecule has 0 saturated heterocycles. The first-order chi connectivity index (χ1) is 8.75. The first kappa shape index (κ1) is 11.2. The molecule has 0 atom stereocenters. The van der Waals surface area contributed by atoms with Crippen LogP contribution in [-0.2, 0) is 0 Å². The Morgan fingerprint density at radius 2 is 2.06 bits per heavy atom. The van der Waals surface area contributed by atoms with Crippen molar-refractivity contribution in [2.24, 2.45) is 0 Å². The van der Waals surface area contributed by atoms with Gasteiger partial charge in [-0.25, -0.2) is 9.97 Å². The Balaban J connectivity index is 1.89. The van der Waals surface area contributed by atoms with Gasteiger partial charge in [0.25, 0.3) is 5.91 Å². The summed E-state index contributed by atoms with van der Waals surface area (Å²) in [7, 11) is 0. The van der Waals surface area contributed by atoms with E-state index in [9.17, 15) is 4.79 Å². The van der Waals surface area contributed by atoms with Crippen LogP contribution in [0.5, 0.6) is 0 Å². The standard InChI is InChI=1S/C12H12N4OS/c13-8-9-12(15-6-5-14-9)18-10(8)11(17)16-7-3-1-2-4-7/h1-2,5-7H,3-4,13H2,(H,16,17). The molecule has 92 valence electrons. The van der Waals surface area contributed by atoms with Crippen LogP contribution in [0.4, 0.5) is 5.69 Å². The minimum absolute atomic E-state index is 0.133. The zero-order valence-corrected chi connectivity index (χ0v) is 10.4. The zero-order chi connectivity index (χ0) is 12.5. The van der Waals surface area contributed by atoms with Gasteiger partial charge in [0.2, 0.25) is 0 Å². The fraction of sp³-hybridized carbons (Fsp3) is 0.250. The molecule has 2 aromatic heterocycles. The highest BCUT2D eigenvalue weighted by Crippen LogP contribution is 2.30. The molecule has 0 unspecified atom stereocenters. The third kappa shape index (κ3) is 1.84. The number of nitrogens with zero attached hydrogens (tertiary/aromatic N) is 2. The number of amides is 1. The molecule has 0 saturated carbocycles. The molecule has 0 aliphatic heterocycles. The summed E-state index contributed by atoms with van der Waals surface area (Å²) in [5.41, 5.74) is 6.98. The van der Waals surface area contributed by atoms with E-state index in [1.165, 1.54) is 11.3 Å². The van der Waals surface area contributed by atoms with Crippen LogP contribution >= 0.6 is 11.3 Å². The molecule has 0 aromatic carbocycles. The Kier molecular flexibility index (Phi) is 2.71. The van der Waals surface area contributed by atoms with Crippen molar-refractivity contribution in [1.29, 1.82) is 0 Å².